The van der Waals surface area contributed by atoms with Crippen LogP contribution in [0, 0.1) is 0 Å². The molecule has 0 aliphatic carbocycles. The molecule has 3 N–H and O–H groups in total. The number of thiazole rings is 1. The quantitative estimate of drug-likeness (QED) is 0.272. The molecule has 1 aromatic carbocycles. The second kappa shape index (κ2) is 11.5. The van der Waals surface area contributed by atoms with Gasteiger partial charge in [-0.05, 0) is 13.0 Å². The van der Waals surface area contributed by atoms with Crippen LogP contribution in [0.4, 0.5) is 0 Å². The Kier molecular flexibility index (Phi) is 9.30. The molecule has 0 spiro atoms. The van der Waals surface area contributed by atoms with Gasteiger partial charge < -0.3 is 15.8 Å². The molecule has 1 saturated heterocycles. The van der Waals surface area contributed by atoms with Crippen LogP contribution in [-0.4, -0.2) is 55.2 Å². The summed E-state index contributed by atoms with van der Waals surface area (Å²) in [5.74, 6) is 0.483. The topological polar surface area (TPSA) is 75.8 Å². The van der Waals surface area contributed by atoms with Crippen molar-refractivity contribution in [3.63, 3.8) is 0 Å². The third-order valence-electron chi connectivity index (χ3n) is 4.04. The highest BCUT2D eigenvalue weighted by molar-refractivity contribution is 14.0. The molecule has 1 aromatic heterocycles. The van der Waals surface area contributed by atoms with Crippen LogP contribution >= 0.6 is 35.3 Å². The molecule has 0 saturated carbocycles. The van der Waals surface area contributed by atoms with Gasteiger partial charge in [0.05, 0.1) is 25.5 Å². The highest BCUT2D eigenvalue weighted by Crippen LogP contribution is 2.23. The molecule has 1 aliphatic rings. The summed E-state index contributed by atoms with van der Waals surface area (Å²) in [6, 6.07) is 10.2. The number of guanidine groups is 1. The van der Waals surface area contributed by atoms with Crippen LogP contribution in [0.15, 0.2) is 40.7 Å². The summed E-state index contributed by atoms with van der Waals surface area (Å²) in [5, 5.41) is 6.23. The molecule has 8 heteroatoms. The standard InChI is InChI=1S/C18H25N5OS.HI/c19-18(20-7-4-8-23-9-11-24-12-10-23)21-13-16-14-25-17(22-16)15-5-2-1-3-6-15;/h1-3,5-6,14H,4,7-13H2,(H3,19,20,21);1H. The van der Waals surface area contributed by atoms with Gasteiger partial charge in [-0.25, -0.2) is 9.98 Å². The van der Waals surface area contributed by atoms with E-state index >= 15 is 0 Å². The van der Waals surface area contributed by atoms with Gasteiger partial charge in [0, 0.05) is 30.6 Å². The van der Waals surface area contributed by atoms with Crippen LogP contribution in [0.3, 0.4) is 0 Å². The minimum atomic E-state index is 0. The van der Waals surface area contributed by atoms with E-state index in [4.69, 9.17) is 10.5 Å². The average Bonchev–Trinajstić information content (AvgIpc) is 3.14. The molecule has 6 nitrogen and oxygen atoms in total. The lowest BCUT2D eigenvalue weighted by Crippen LogP contribution is -2.39. The fourth-order valence-corrected chi connectivity index (χ4v) is 3.48. The summed E-state index contributed by atoms with van der Waals surface area (Å²) in [6.45, 7) is 6.14. The molecular formula is C18H26IN5OS. The summed E-state index contributed by atoms with van der Waals surface area (Å²) < 4.78 is 5.35. The summed E-state index contributed by atoms with van der Waals surface area (Å²) in [7, 11) is 0. The number of ether oxygens (including phenoxy) is 1. The largest absolute Gasteiger partial charge is 0.379 e. The molecule has 0 bridgehead atoms. The van der Waals surface area contributed by atoms with Gasteiger partial charge in [-0.2, -0.15) is 0 Å². The number of nitrogens with two attached hydrogens (primary N) is 1. The predicted molar refractivity (Wildman–Crippen MR) is 118 cm³/mol. The maximum atomic E-state index is 5.94. The van der Waals surface area contributed by atoms with Crippen LogP contribution in [0.1, 0.15) is 12.1 Å². The Morgan fingerprint density at radius 2 is 2.04 bits per heavy atom. The summed E-state index contributed by atoms with van der Waals surface area (Å²) >= 11 is 1.63. The zero-order valence-electron chi connectivity index (χ0n) is 14.8. The molecule has 2 heterocycles. The molecule has 26 heavy (non-hydrogen) atoms. The van der Waals surface area contributed by atoms with Gasteiger partial charge in [-0.15, -0.1) is 35.3 Å². The fourth-order valence-electron chi connectivity index (χ4n) is 2.66. The molecule has 0 atom stereocenters. The van der Waals surface area contributed by atoms with Gasteiger partial charge in [0.25, 0.3) is 0 Å². The third kappa shape index (κ3) is 6.82. The van der Waals surface area contributed by atoms with Crippen LogP contribution in [0.25, 0.3) is 10.6 Å². The van der Waals surface area contributed by atoms with E-state index < -0.39 is 0 Å². The zero-order chi connectivity index (χ0) is 17.3. The number of morpholine rings is 1. The molecule has 3 rings (SSSR count). The van der Waals surface area contributed by atoms with Crippen LogP contribution in [0.5, 0.6) is 0 Å². The second-order valence-corrected chi connectivity index (χ2v) is 6.80. The van der Waals surface area contributed by atoms with Crippen molar-refractivity contribution in [2.45, 2.75) is 13.0 Å². The third-order valence-corrected chi connectivity index (χ3v) is 4.99. The lowest BCUT2D eigenvalue weighted by molar-refractivity contribution is 0.0376. The van der Waals surface area contributed by atoms with Gasteiger partial charge in [0.2, 0.25) is 0 Å². The maximum Gasteiger partial charge on any atom is 0.188 e. The molecule has 142 valence electrons. The minimum Gasteiger partial charge on any atom is -0.379 e. The van der Waals surface area contributed by atoms with E-state index in [1.54, 1.807) is 11.3 Å². The van der Waals surface area contributed by atoms with Crippen molar-refractivity contribution in [2.24, 2.45) is 10.7 Å². The Balaban J connectivity index is 0.00000243. The van der Waals surface area contributed by atoms with E-state index in [-0.39, 0.29) is 24.0 Å². The van der Waals surface area contributed by atoms with Crippen molar-refractivity contribution >= 4 is 41.3 Å². The summed E-state index contributed by atoms with van der Waals surface area (Å²) in [4.78, 5) is 11.4. The van der Waals surface area contributed by atoms with Gasteiger partial charge in [-0.1, -0.05) is 30.3 Å². The Bertz CT molecular complexity index is 673. The highest BCUT2D eigenvalue weighted by Gasteiger charge is 2.09. The van der Waals surface area contributed by atoms with Crippen molar-refractivity contribution in [1.82, 2.24) is 15.2 Å². The summed E-state index contributed by atoms with van der Waals surface area (Å²) in [5.41, 5.74) is 8.02. The molecular weight excluding hydrogens is 461 g/mol. The molecule has 1 fully saturated rings. The van der Waals surface area contributed by atoms with E-state index in [0.29, 0.717) is 12.5 Å². The number of rotatable bonds is 7. The number of nitrogens with zero attached hydrogens (tertiary/aromatic N) is 3. The van der Waals surface area contributed by atoms with Crippen molar-refractivity contribution in [1.29, 1.82) is 0 Å². The number of aromatic nitrogens is 1. The van der Waals surface area contributed by atoms with Crippen LogP contribution < -0.4 is 11.1 Å². The highest BCUT2D eigenvalue weighted by atomic mass is 127. The predicted octanol–water partition coefficient (Wildman–Crippen LogP) is 2.55. The molecule has 1 aliphatic heterocycles. The van der Waals surface area contributed by atoms with E-state index in [0.717, 1.165) is 62.1 Å². The van der Waals surface area contributed by atoms with Crippen LogP contribution in [0.2, 0.25) is 0 Å². The molecule has 2 aromatic rings. The Morgan fingerprint density at radius 3 is 2.81 bits per heavy atom. The summed E-state index contributed by atoms with van der Waals surface area (Å²) in [6.07, 6.45) is 1.05. The van der Waals surface area contributed by atoms with Crippen LogP contribution in [-0.2, 0) is 11.3 Å². The number of hydrogen-bond acceptors (Lipinski definition) is 5. The Hall–Kier alpha value is -1.23. The smallest absolute Gasteiger partial charge is 0.188 e. The number of nitrogens with one attached hydrogen (secondary N) is 1. The van der Waals surface area contributed by atoms with Gasteiger partial charge in [-0.3, -0.25) is 4.90 Å². The first-order valence-electron chi connectivity index (χ1n) is 8.65. The fraction of sp³-hybridized carbons (Fsp3) is 0.444. The lowest BCUT2D eigenvalue weighted by atomic mass is 10.2. The van der Waals surface area contributed by atoms with Crippen molar-refractivity contribution < 1.29 is 4.74 Å². The lowest BCUT2D eigenvalue weighted by Gasteiger charge is -2.26. The first-order chi connectivity index (χ1) is 12.3. The maximum absolute atomic E-state index is 5.94. The van der Waals surface area contributed by atoms with Gasteiger partial charge >= 0.3 is 0 Å². The Labute approximate surface area is 175 Å². The van der Waals surface area contributed by atoms with E-state index in [9.17, 15) is 0 Å². The number of halogens is 1. The van der Waals surface area contributed by atoms with Crippen molar-refractivity contribution in [3.8, 4) is 10.6 Å². The molecule has 0 radical (unpaired) electrons. The second-order valence-electron chi connectivity index (χ2n) is 5.95. The number of hydrogen-bond donors (Lipinski definition) is 2. The normalized spacial score (nSPS) is 15.5. The first-order valence-corrected chi connectivity index (χ1v) is 9.53. The van der Waals surface area contributed by atoms with E-state index in [2.05, 4.69) is 32.3 Å². The average molecular weight is 487 g/mol. The van der Waals surface area contributed by atoms with E-state index in [1.165, 1.54) is 0 Å². The first kappa shape index (κ1) is 21.1. The van der Waals surface area contributed by atoms with Gasteiger partial charge in [0.1, 0.15) is 5.01 Å². The number of benzene rings is 1. The molecule has 0 unspecified atom stereocenters. The molecule has 0 amide bonds. The SMILES string of the molecule is I.NC(=NCc1csc(-c2ccccc2)n1)NCCCN1CCOCC1. The van der Waals surface area contributed by atoms with Crippen molar-refractivity contribution in [3.05, 3.63) is 41.4 Å². The van der Waals surface area contributed by atoms with E-state index in [1.807, 2.05) is 23.6 Å². The Morgan fingerprint density at radius 1 is 1.27 bits per heavy atom. The number of aliphatic imine (C=N–C) groups is 1. The zero-order valence-corrected chi connectivity index (χ0v) is 17.9. The van der Waals surface area contributed by atoms with Gasteiger partial charge in [0.15, 0.2) is 5.96 Å². The minimum absolute atomic E-state index is 0. The van der Waals surface area contributed by atoms with Crippen molar-refractivity contribution in [2.75, 3.05) is 39.4 Å². The monoisotopic (exact) mass is 487 g/mol.